The summed E-state index contributed by atoms with van der Waals surface area (Å²) in [5.41, 5.74) is 9.05. The van der Waals surface area contributed by atoms with Gasteiger partial charge in [0, 0.05) is 0 Å². The van der Waals surface area contributed by atoms with E-state index in [1.807, 2.05) is 24.3 Å². The SMILES string of the molecule is C/C(=N\NC(=O)C(N)=O)c1ccc(-n2cncn2)cc1. The molecule has 8 nitrogen and oxygen atoms in total. The van der Waals surface area contributed by atoms with Gasteiger partial charge in [-0.1, -0.05) is 12.1 Å². The Hall–Kier alpha value is -3.03. The lowest BCUT2D eigenvalue weighted by Crippen LogP contribution is -2.33. The Morgan fingerprint density at radius 3 is 2.55 bits per heavy atom. The highest BCUT2D eigenvalue weighted by atomic mass is 16.2. The molecular formula is C12H12N6O2. The number of hydrazone groups is 1. The number of primary amides is 1. The topological polar surface area (TPSA) is 115 Å². The van der Waals surface area contributed by atoms with Crippen molar-refractivity contribution in [3.63, 3.8) is 0 Å². The third-order valence-corrected chi connectivity index (χ3v) is 2.52. The number of nitrogens with zero attached hydrogens (tertiary/aromatic N) is 4. The summed E-state index contributed by atoms with van der Waals surface area (Å²) in [6.45, 7) is 1.70. The molecule has 0 atom stereocenters. The van der Waals surface area contributed by atoms with E-state index in [9.17, 15) is 9.59 Å². The molecule has 2 rings (SSSR count). The number of amides is 2. The van der Waals surface area contributed by atoms with Crippen LogP contribution in [-0.2, 0) is 9.59 Å². The Morgan fingerprint density at radius 1 is 1.30 bits per heavy atom. The predicted molar refractivity (Wildman–Crippen MR) is 70.9 cm³/mol. The molecule has 0 spiro atoms. The van der Waals surface area contributed by atoms with Crippen LogP contribution in [0.5, 0.6) is 0 Å². The van der Waals surface area contributed by atoms with Gasteiger partial charge in [-0.25, -0.2) is 15.1 Å². The Morgan fingerprint density at radius 2 is 2.00 bits per heavy atom. The summed E-state index contributed by atoms with van der Waals surface area (Å²) < 4.78 is 1.62. The quantitative estimate of drug-likeness (QED) is 0.449. The van der Waals surface area contributed by atoms with Crippen molar-refractivity contribution in [3.05, 3.63) is 42.5 Å². The number of hydrogen-bond acceptors (Lipinski definition) is 5. The maximum Gasteiger partial charge on any atom is 0.329 e. The van der Waals surface area contributed by atoms with Crippen LogP contribution in [0.1, 0.15) is 12.5 Å². The van der Waals surface area contributed by atoms with Gasteiger partial charge in [-0.3, -0.25) is 9.59 Å². The Balaban J connectivity index is 2.11. The van der Waals surface area contributed by atoms with Gasteiger partial charge in [0.05, 0.1) is 11.4 Å². The monoisotopic (exact) mass is 272 g/mol. The van der Waals surface area contributed by atoms with Gasteiger partial charge in [-0.2, -0.15) is 10.2 Å². The lowest BCUT2D eigenvalue weighted by atomic mass is 10.1. The van der Waals surface area contributed by atoms with Gasteiger partial charge in [-0.05, 0) is 24.6 Å². The molecule has 2 aromatic rings. The molecule has 0 aliphatic rings. The van der Waals surface area contributed by atoms with E-state index in [1.54, 1.807) is 17.9 Å². The predicted octanol–water partition coefficient (Wildman–Crippen LogP) is -0.407. The maximum absolute atomic E-state index is 11.0. The van der Waals surface area contributed by atoms with Gasteiger partial charge < -0.3 is 5.73 Å². The van der Waals surface area contributed by atoms with Crippen LogP contribution < -0.4 is 11.2 Å². The van der Waals surface area contributed by atoms with Crippen LogP contribution in [0.4, 0.5) is 0 Å². The van der Waals surface area contributed by atoms with E-state index in [1.165, 1.54) is 6.33 Å². The maximum atomic E-state index is 11.0. The number of rotatable bonds is 3. The van der Waals surface area contributed by atoms with Crippen LogP contribution in [-0.4, -0.2) is 32.3 Å². The van der Waals surface area contributed by atoms with Crippen molar-refractivity contribution in [3.8, 4) is 5.69 Å². The number of benzene rings is 1. The highest BCUT2D eigenvalue weighted by molar-refractivity contribution is 6.34. The molecule has 0 saturated carbocycles. The molecule has 0 fully saturated rings. The van der Waals surface area contributed by atoms with Crippen LogP contribution in [0.25, 0.3) is 5.69 Å². The molecule has 20 heavy (non-hydrogen) atoms. The minimum absolute atomic E-state index is 0.546. The summed E-state index contributed by atoms with van der Waals surface area (Å²) in [7, 11) is 0. The molecule has 1 heterocycles. The number of nitrogens with one attached hydrogen (secondary N) is 1. The van der Waals surface area contributed by atoms with E-state index in [-0.39, 0.29) is 0 Å². The van der Waals surface area contributed by atoms with Crippen molar-refractivity contribution in [2.75, 3.05) is 0 Å². The lowest BCUT2D eigenvalue weighted by Gasteiger charge is -2.04. The second-order valence-electron chi connectivity index (χ2n) is 3.89. The molecule has 0 aliphatic carbocycles. The summed E-state index contributed by atoms with van der Waals surface area (Å²) in [4.78, 5) is 25.4. The average Bonchev–Trinajstić information content (AvgIpc) is 2.98. The van der Waals surface area contributed by atoms with Crippen LogP contribution in [0.15, 0.2) is 42.0 Å². The van der Waals surface area contributed by atoms with Gasteiger partial charge in [-0.15, -0.1) is 0 Å². The first kappa shape index (κ1) is 13.4. The third-order valence-electron chi connectivity index (χ3n) is 2.52. The number of carbonyl (C=O) groups is 2. The highest BCUT2D eigenvalue weighted by Crippen LogP contribution is 2.08. The van der Waals surface area contributed by atoms with Crippen LogP contribution in [0.3, 0.4) is 0 Å². The third kappa shape index (κ3) is 3.05. The van der Waals surface area contributed by atoms with Gasteiger partial charge in [0.1, 0.15) is 12.7 Å². The van der Waals surface area contributed by atoms with E-state index in [2.05, 4.69) is 20.6 Å². The van der Waals surface area contributed by atoms with E-state index >= 15 is 0 Å². The molecule has 2 amide bonds. The number of carbonyl (C=O) groups excluding carboxylic acids is 2. The van der Waals surface area contributed by atoms with E-state index < -0.39 is 11.8 Å². The molecule has 1 aromatic heterocycles. The Bertz CT molecular complexity index is 645. The zero-order valence-electron chi connectivity index (χ0n) is 10.6. The molecule has 3 N–H and O–H groups in total. The van der Waals surface area contributed by atoms with Crippen molar-refractivity contribution in [2.24, 2.45) is 10.8 Å². The Labute approximate surface area is 114 Å². The number of nitrogens with two attached hydrogens (primary N) is 1. The van der Waals surface area contributed by atoms with E-state index in [0.717, 1.165) is 11.3 Å². The zero-order chi connectivity index (χ0) is 14.5. The Kier molecular flexibility index (Phi) is 3.85. The summed E-state index contributed by atoms with van der Waals surface area (Å²) in [6, 6.07) is 7.29. The second kappa shape index (κ2) is 5.74. The van der Waals surface area contributed by atoms with Gasteiger partial charge in [0.15, 0.2) is 0 Å². The van der Waals surface area contributed by atoms with Crippen molar-refractivity contribution >= 4 is 17.5 Å². The molecule has 0 aliphatic heterocycles. The fraction of sp³-hybridized carbons (Fsp3) is 0.0833. The highest BCUT2D eigenvalue weighted by Gasteiger charge is 2.07. The van der Waals surface area contributed by atoms with Crippen molar-refractivity contribution < 1.29 is 9.59 Å². The average molecular weight is 272 g/mol. The molecular weight excluding hydrogens is 260 g/mol. The minimum atomic E-state index is -1.08. The van der Waals surface area contributed by atoms with Crippen LogP contribution >= 0.6 is 0 Å². The largest absolute Gasteiger partial charge is 0.361 e. The first-order valence-corrected chi connectivity index (χ1v) is 5.67. The van der Waals surface area contributed by atoms with Gasteiger partial charge in [0.25, 0.3) is 0 Å². The van der Waals surface area contributed by atoms with Crippen molar-refractivity contribution in [1.82, 2.24) is 20.2 Å². The summed E-state index contributed by atoms with van der Waals surface area (Å²) >= 11 is 0. The number of hydrogen-bond donors (Lipinski definition) is 2. The first-order valence-electron chi connectivity index (χ1n) is 5.67. The molecule has 102 valence electrons. The summed E-state index contributed by atoms with van der Waals surface area (Å²) in [5.74, 6) is -2.04. The fourth-order valence-electron chi connectivity index (χ4n) is 1.45. The zero-order valence-corrected chi connectivity index (χ0v) is 10.6. The van der Waals surface area contributed by atoms with E-state index in [4.69, 9.17) is 5.73 Å². The van der Waals surface area contributed by atoms with Crippen LogP contribution in [0.2, 0.25) is 0 Å². The molecule has 0 saturated heterocycles. The minimum Gasteiger partial charge on any atom is -0.361 e. The smallest absolute Gasteiger partial charge is 0.329 e. The standard InChI is InChI=1S/C12H12N6O2/c1-8(16-17-12(20)11(13)19)9-2-4-10(5-3-9)18-7-14-6-15-18/h2-7H,1H3,(H2,13,19)(H,17,20)/b16-8+. The fourth-order valence-corrected chi connectivity index (χ4v) is 1.45. The van der Waals surface area contributed by atoms with Crippen molar-refractivity contribution in [2.45, 2.75) is 6.92 Å². The van der Waals surface area contributed by atoms with Crippen molar-refractivity contribution in [1.29, 1.82) is 0 Å². The molecule has 8 heteroatoms. The lowest BCUT2D eigenvalue weighted by molar-refractivity contribution is -0.137. The molecule has 0 radical (unpaired) electrons. The first-order chi connectivity index (χ1) is 9.58. The second-order valence-corrected chi connectivity index (χ2v) is 3.89. The molecule has 0 unspecified atom stereocenters. The summed E-state index contributed by atoms with van der Waals surface area (Å²) in [5, 5.41) is 7.80. The van der Waals surface area contributed by atoms with Gasteiger partial charge in [0.2, 0.25) is 0 Å². The normalized spacial score (nSPS) is 11.2. The molecule has 1 aromatic carbocycles. The van der Waals surface area contributed by atoms with E-state index in [0.29, 0.717) is 5.71 Å². The molecule has 0 bridgehead atoms. The summed E-state index contributed by atoms with van der Waals surface area (Å²) in [6.07, 6.45) is 3.03. The van der Waals surface area contributed by atoms with Crippen LogP contribution in [0, 0.1) is 0 Å². The van der Waals surface area contributed by atoms with Gasteiger partial charge >= 0.3 is 11.8 Å². The number of aromatic nitrogens is 3.